The van der Waals surface area contributed by atoms with Crippen LogP contribution in [0.15, 0.2) is 30.3 Å². The molecule has 0 spiro atoms. The Morgan fingerprint density at radius 2 is 1.94 bits per heavy atom. The van der Waals surface area contributed by atoms with E-state index in [1.165, 1.54) is 6.07 Å². The first-order valence-corrected chi connectivity index (χ1v) is 11.0. The standard InChI is InChI=1S/C24H32FN5O2/c1-16(2)30-14-18(12-24(30)32)20-13-22(28(3)4)27-21(26-20)15-29(5)23(31)11-10-17-8-6-7-9-19(17)25/h6-9,13,16,18H,10-12,14-15H2,1-5H3. The van der Waals surface area contributed by atoms with Gasteiger partial charge in [-0.2, -0.15) is 0 Å². The Balaban J connectivity index is 1.72. The van der Waals surface area contributed by atoms with E-state index in [1.807, 2.05) is 43.8 Å². The fourth-order valence-electron chi connectivity index (χ4n) is 3.87. The summed E-state index contributed by atoms with van der Waals surface area (Å²) in [5.74, 6) is 1.02. The summed E-state index contributed by atoms with van der Waals surface area (Å²) in [5.41, 5.74) is 1.35. The molecule has 0 N–H and O–H groups in total. The molecule has 0 saturated carbocycles. The predicted octanol–water partition coefficient (Wildman–Crippen LogP) is 3.00. The van der Waals surface area contributed by atoms with E-state index >= 15 is 0 Å². The van der Waals surface area contributed by atoms with Crippen LogP contribution in [0, 0.1) is 5.82 Å². The van der Waals surface area contributed by atoms with E-state index in [4.69, 9.17) is 4.98 Å². The smallest absolute Gasteiger partial charge is 0.223 e. The Kier molecular flexibility index (Phi) is 7.43. The van der Waals surface area contributed by atoms with Crippen molar-refractivity contribution in [1.29, 1.82) is 0 Å². The van der Waals surface area contributed by atoms with Crippen molar-refractivity contribution in [3.05, 3.63) is 53.2 Å². The lowest BCUT2D eigenvalue weighted by atomic mass is 10.0. The van der Waals surface area contributed by atoms with E-state index in [1.54, 1.807) is 30.1 Å². The number of nitrogens with zero attached hydrogens (tertiary/aromatic N) is 5. The summed E-state index contributed by atoms with van der Waals surface area (Å²) in [6.07, 6.45) is 0.978. The van der Waals surface area contributed by atoms with Crippen LogP contribution < -0.4 is 4.90 Å². The van der Waals surface area contributed by atoms with Crippen LogP contribution >= 0.6 is 0 Å². The fourth-order valence-corrected chi connectivity index (χ4v) is 3.87. The van der Waals surface area contributed by atoms with Gasteiger partial charge in [0.1, 0.15) is 17.5 Å². The van der Waals surface area contributed by atoms with Gasteiger partial charge in [-0.1, -0.05) is 18.2 Å². The molecule has 1 aliphatic heterocycles. The van der Waals surface area contributed by atoms with Gasteiger partial charge in [0.2, 0.25) is 11.8 Å². The van der Waals surface area contributed by atoms with E-state index in [9.17, 15) is 14.0 Å². The third-order valence-corrected chi connectivity index (χ3v) is 5.81. The molecule has 7 nitrogen and oxygen atoms in total. The number of anilines is 1. The van der Waals surface area contributed by atoms with Gasteiger partial charge in [-0.05, 0) is 31.9 Å². The van der Waals surface area contributed by atoms with Crippen LogP contribution in [0.3, 0.4) is 0 Å². The molecule has 1 aromatic heterocycles. The van der Waals surface area contributed by atoms with Gasteiger partial charge in [0.15, 0.2) is 0 Å². The van der Waals surface area contributed by atoms with Crippen LogP contribution in [-0.4, -0.2) is 65.3 Å². The second kappa shape index (κ2) is 10.1. The molecule has 3 rings (SSSR count). The maximum absolute atomic E-state index is 13.8. The van der Waals surface area contributed by atoms with Crippen LogP contribution in [0.1, 0.15) is 49.7 Å². The Hall–Kier alpha value is -3.03. The minimum absolute atomic E-state index is 0.00686. The third kappa shape index (κ3) is 5.60. The number of halogens is 1. The van der Waals surface area contributed by atoms with Crippen molar-refractivity contribution in [3.8, 4) is 0 Å². The first kappa shape index (κ1) is 23.6. The molecular weight excluding hydrogens is 409 g/mol. The lowest BCUT2D eigenvalue weighted by Crippen LogP contribution is -2.32. The molecule has 172 valence electrons. The summed E-state index contributed by atoms with van der Waals surface area (Å²) in [5, 5.41) is 0. The van der Waals surface area contributed by atoms with Gasteiger partial charge in [0, 0.05) is 58.6 Å². The molecule has 2 aromatic rings. The van der Waals surface area contributed by atoms with Crippen LogP contribution in [-0.2, 0) is 22.6 Å². The average Bonchev–Trinajstić information content (AvgIpc) is 3.14. The first-order valence-electron chi connectivity index (χ1n) is 11.0. The molecule has 0 aliphatic carbocycles. The van der Waals surface area contributed by atoms with Crippen molar-refractivity contribution in [2.24, 2.45) is 0 Å². The van der Waals surface area contributed by atoms with Crippen molar-refractivity contribution in [3.63, 3.8) is 0 Å². The maximum atomic E-state index is 13.8. The molecule has 1 atom stereocenters. The number of aromatic nitrogens is 2. The number of hydrogen-bond donors (Lipinski definition) is 0. The number of carbonyl (C=O) groups is 2. The molecule has 2 heterocycles. The summed E-state index contributed by atoms with van der Waals surface area (Å²) in [6, 6.07) is 8.58. The number of amides is 2. The van der Waals surface area contributed by atoms with Crippen molar-refractivity contribution in [1.82, 2.24) is 19.8 Å². The highest BCUT2D eigenvalue weighted by atomic mass is 19.1. The summed E-state index contributed by atoms with van der Waals surface area (Å²) in [6.45, 7) is 4.91. The Labute approximate surface area is 189 Å². The molecule has 1 fully saturated rings. The van der Waals surface area contributed by atoms with Gasteiger partial charge in [-0.15, -0.1) is 0 Å². The zero-order valence-electron chi connectivity index (χ0n) is 19.5. The second-order valence-corrected chi connectivity index (χ2v) is 8.84. The largest absolute Gasteiger partial charge is 0.363 e. The fraction of sp³-hybridized carbons (Fsp3) is 0.500. The third-order valence-electron chi connectivity index (χ3n) is 5.81. The zero-order chi connectivity index (χ0) is 23.4. The van der Waals surface area contributed by atoms with Gasteiger partial charge < -0.3 is 14.7 Å². The van der Waals surface area contributed by atoms with Crippen LogP contribution in [0.5, 0.6) is 0 Å². The van der Waals surface area contributed by atoms with E-state index < -0.39 is 0 Å². The molecule has 8 heteroatoms. The van der Waals surface area contributed by atoms with E-state index in [0.29, 0.717) is 30.8 Å². The number of benzene rings is 1. The summed E-state index contributed by atoms with van der Waals surface area (Å²) >= 11 is 0. The first-order chi connectivity index (χ1) is 15.2. The Morgan fingerprint density at radius 1 is 1.22 bits per heavy atom. The lowest BCUT2D eigenvalue weighted by Gasteiger charge is -2.22. The number of rotatable bonds is 8. The van der Waals surface area contributed by atoms with Crippen LogP contribution in [0.25, 0.3) is 0 Å². The van der Waals surface area contributed by atoms with Crippen molar-refractivity contribution in [2.75, 3.05) is 32.6 Å². The molecule has 0 bridgehead atoms. The van der Waals surface area contributed by atoms with Crippen molar-refractivity contribution >= 4 is 17.6 Å². The molecule has 1 aromatic carbocycles. The predicted molar refractivity (Wildman–Crippen MR) is 122 cm³/mol. The highest BCUT2D eigenvalue weighted by Crippen LogP contribution is 2.30. The Bertz CT molecular complexity index is 979. The number of aryl methyl sites for hydroxylation is 1. The van der Waals surface area contributed by atoms with E-state index in [2.05, 4.69) is 4.98 Å². The van der Waals surface area contributed by atoms with Gasteiger partial charge in [0.25, 0.3) is 0 Å². The maximum Gasteiger partial charge on any atom is 0.223 e. The van der Waals surface area contributed by atoms with Gasteiger partial charge in [-0.3, -0.25) is 9.59 Å². The molecular formula is C24H32FN5O2. The van der Waals surface area contributed by atoms with Gasteiger partial charge in [0.05, 0.1) is 12.2 Å². The van der Waals surface area contributed by atoms with E-state index in [0.717, 1.165) is 11.5 Å². The zero-order valence-corrected chi connectivity index (χ0v) is 19.5. The minimum atomic E-state index is -0.295. The molecule has 1 unspecified atom stereocenters. The monoisotopic (exact) mass is 441 g/mol. The number of likely N-dealkylation sites (tertiary alicyclic amines) is 1. The van der Waals surface area contributed by atoms with Crippen molar-refractivity contribution < 1.29 is 14.0 Å². The summed E-state index contributed by atoms with van der Waals surface area (Å²) < 4.78 is 13.8. The SMILES string of the molecule is CC(C)N1CC(c2cc(N(C)C)nc(CN(C)C(=O)CCc3ccccc3F)n2)CC1=O. The summed E-state index contributed by atoms with van der Waals surface area (Å²) in [7, 11) is 5.51. The molecule has 0 radical (unpaired) electrons. The van der Waals surface area contributed by atoms with Crippen molar-refractivity contribution in [2.45, 2.75) is 51.6 Å². The molecule has 1 saturated heterocycles. The van der Waals surface area contributed by atoms with Gasteiger partial charge >= 0.3 is 0 Å². The lowest BCUT2D eigenvalue weighted by molar-refractivity contribution is -0.130. The van der Waals surface area contributed by atoms with Crippen LogP contribution in [0.2, 0.25) is 0 Å². The minimum Gasteiger partial charge on any atom is -0.363 e. The molecule has 1 aliphatic rings. The second-order valence-electron chi connectivity index (χ2n) is 8.84. The Morgan fingerprint density at radius 3 is 2.56 bits per heavy atom. The quantitative estimate of drug-likeness (QED) is 0.630. The van der Waals surface area contributed by atoms with Gasteiger partial charge in [-0.25, -0.2) is 14.4 Å². The van der Waals surface area contributed by atoms with E-state index in [-0.39, 0.29) is 42.6 Å². The highest BCUT2D eigenvalue weighted by Gasteiger charge is 2.33. The molecule has 2 amide bonds. The summed E-state index contributed by atoms with van der Waals surface area (Å²) in [4.78, 5) is 39.7. The number of carbonyl (C=O) groups excluding carboxylic acids is 2. The normalized spacial score (nSPS) is 16.0. The van der Waals surface area contributed by atoms with Crippen LogP contribution in [0.4, 0.5) is 10.2 Å². The topological polar surface area (TPSA) is 69.6 Å². The highest BCUT2D eigenvalue weighted by molar-refractivity contribution is 5.80. The number of hydrogen-bond acceptors (Lipinski definition) is 5. The average molecular weight is 442 g/mol. The molecule has 32 heavy (non-hydrogen) atoms.